The monoisotopic (exact) mass is 295 g/mol. The lowest BCUT2D eigenvalue weighted by Gasteiger charge is -2.31. The molecule has 0 bridgehead atoms. The first kappa shape index (κ1) is 15.5. The summed E-state index contributed by atoms with van der Waals surface area (Å²) in [6, 6.07) is 6.13. The van der Waals surface area contributed by atoms with E-state index >= 15 is 0 Å². The molecule has 2 N–H and O–H groups in total. The molecular formula is C16H25NO2S. The minimum absolute atomic E-state index is 0.0323. The van der Waals surface area contributed by atoms with Gasteiger partial charge in [0.1, 0.15) is 0 Å². The molecule has 1 heterocycles. The van der Waals surface area contributed by atoms with Gasteiger partial charge in [-0.3, -0.25) is 0 Å². The summed E-state index contributed by atoms with van der Waals surface area (Å²) < 4.78 is 11.4. The molecule has 0 aromatic heterocycles. The van der Waals surface area contributed by atoms with E-state index in [2.05, 4.69) is 13.0 Å². The van der Waals surface area contributed by atoms with Gasteiger partial charge in [-0.25, -0.2) is 0 Å². The number of rotatable bonds is 6. The van der Waals surface area contributed by atoms with Crippen LogP contribution in [-0.2, 0) is 0 Å². The maximum absolute atomic E-state index is 6.51. The summed E-state index contributed by atoms with van der Waals surface area (Å²) in [6.07, 6.45) is 2.43. The first-order chi connectivity index (χ1) is 9.60. The largest absolute Gasteiger partial charge is 0.490 e. The van der Waals surface area contributed by atoms with Crippen molar-refractivity contribution in [3.05, 3.63) is 23.8 Å². The van der Waals surface area contributed by atoms with Crippen molar-refractivity contribution >= 4 is 11.8 Å². The van der Waals surface area contributed by atoms with E-state index in [1.165, 1.54) is 18.6 Å². The molecule has 1 aliphatic rings. The number of hydrogen-bond donors (Lipinski definition) is 1. The lowest BCUT2D eigenvalue weighted by atomic mass is 9.91. The molecule has 1 aromatic rings. The first-order valence-corrected chi connectivity index (χ1v) is 8.38. The quantitative estimate of drug-likeness (QED) is 0.867. The summed E-state index contributed by atoms with van der Waals surface area (Å²) in [5.74, 6) is 2.81. The van der Waals surface area contributed by atoms with Crippen molar-refractivity contribution in [3.8, 4) is 11.5 Å². The molecule has 112 valence electrons. The van der Waals surface area contributed by atoms with Gasteiger partial charge in [0, 0.05) is 10.8 Å². The van der Waals surface area contributed by atoms with Gasteiger partial charge in [-0.15, -0.1) is 0 Å². The highest BCUT2D eigenvalue weighted by molar-refractivity contribution is 8.00. The fourth-order valence-corrected chi connectivity index (χ4v) is 4.02. The first-order valence-electron chi connectivity index (χ1n) is 7.39. The maximum Gasteiger partial charge on any atom is 0.161 e. The highest BCUT2D eigenvalue weighted by Crippen LogP contribution is 2.46. The van der Waals surface area contributed by atoms with Crippen LogP contribution in [0.15, 0.2) is 18.2 Å². The Morgan fingerprint density at radius 2 is 1.95 bits per heavy atom. The van der Waals surface area contributed by atoms with Gasteiger partial charge in [0.25, 0.3) is 0 Å². The summed E-state index contributed by atoms with van der Waals surface area (Å²) in [6.45, 7) is 7.50. The van der Waals surface area contributed by atoms with Gasteiger partial charge >= 0.3 is 0 Å². The third kappa shape index (κ3) is 3.23. The van der Waals surface area contributed by atoms with E-state index in [1.807, 2.05) is 37.7 Å². The van der Waals surface area contributed by atoms with Crippen LogP contribution in [0.5, 0.6) is 11.5 Å². The van der Waals surface area contributed by atoms with Gasteiger partial charge in [-0.1, -0.05) is 6.07 Å². The molecule has 0 radical (unpaired) electrons. The summed E-state index contributed by atoms with van der Waals surface area (Å²) in [4.78, 5) is 0. The Labute approximate surface area is 126 Å². The van der Waals surface area contributed by atoms with E-state index in [-0.39, 0.29) is 10.8 Å². The van der Waals surface area contributed by atoms with E-state index in [0.717, 1.165) is 17.1 Å². The van der Waals surface area contributed by atoms with E-state index < -0.39 is 0 Å². The average Bonchev–Trinajstić information content (AvgIpc) is 2.89. The molecule has 0 amide bonds. The third-order valence-electron chi connectivity index (χ3n) is 3.83. The van der Waals surface area contributed by atoms with Gasteiger partial charge in [-0.05, 0) is 57.1 Å². The molecule has 1 saturated heterocycles. The van der Waals surface area contributed by atoms with Crippen molar-refractivity contribution < 1.29 is 9.47 Å². The lowest BCUT2D eigenvalue weighted by Crippen LogP contribution is -2.33. The van der Waals surface area contributed by atoms with Crippen molar-refractivity contribution in [2.75, 3.05) is 19.0 Å². The van der Waals surface area contributed by atoms with E-state index in [9.17, 15) is 0 Å². The van der Waals surface area contributed by atoms with E-state index in [0.29, 0.717) is 13.2 Å². The molecule has 2 rings (SSSR count). The Balaban J connectivity index is 2.25. The van der Waals surface area contributed by atoms with Crippen molar-refractivity contribution in [1.82, 2.24) is 0 Å². The standard InChI is InChI=1S/C16H25NO2S/c1-4-18-13-8-7-12(11-14(13)19-5-2)15(17)16(3)9-6-10-20-16/h7-8,11,15H,4-6,9-10,17H2,1-3H3. The molecule has 0 saturated carbocycles. The lowest BCUT2D eigenvalue weighted by molar-refractivity contribution is 0.287. The van der Waals surface area contributed by atoms with Crippen molar-refractivity contribution in [2.45, 2.75) is 44.4 Å². The zero-order chi connectivity index (χ0) is 14.6. The average molecular weight is 295 g/mol. The van der Waals surface area contributed by atoms with Gasteiger partial charge in [0.05, 0.1) is 13.2 Å². The third-order valence-corrected chi connectivity index (χ3v) is 5.44. The van der Waals surface area contributed by atoms with Gasteiger partial charge in [0.15, 0.2) is 11.5 Å². The second-order valence-corrected chi connectivity index (χ2v) is 6.94. The fraction of sp³-hybridized carbons (Fsp3) is 0.625. The van der Waals surface area contributed by atoms with E-state index in [1.54, 1.807) is 0 Å². The second kappa shape index (κ2) is 6.72. The molecule has 2 unspecified atom stereocenters. The second-order valence-electron chi connectivity index (χ2n) is 5.31. The Bertz CT molecular complexity index is 444. The molecule has 3 nitrogen and oxygen atoms in total. The van der Waals surface area contributed by atoms with Crippen molar-refractivity contribution in [3.63, 3.8) is 0 Å². The van der Waals surface area contributed by atoms with Crippen LogP contribution in [0.2, 0.25) is 0 Å². The Morgan fingerprint density at radius 1 is 1.25 bits per heavy atom. The molecule has 0 aliphatic carbocycles. The summed E-state index contributed by atoms with van der Waals surface area (Å²) in [5.41, 5.74) is 7.64. The van der Waals surface area contributed by atoms with Gasteiger partial charge in [-0.2, -0.15) is 11.8 Å². The summed E-state index contributed by atoms with van der Waals surface area (Å²) in [7, 11) is 0. The van der Waals surface area contributed by atoms with Crippen LogP contribution in [0.3, 0.4) is 0 Å². The van der Waals surface area contributed by atoms with Crippen LogP contribution in [0.1, 0.15) is 45.2 Å². The van der Waals surface area contributed by atoms with Crippen LogP contribution in [0.25, 0.3) is 0 Å². The van der Waals surface area contributed by atoms with E-state index in [4.69, 9.17) is 15.2 Å². The van der Waals surface area contributed by atoms with Crippen molar-refractivity contribution in [1.29, 1.82) is 0 Å². The van der Waals surface area contributed by atoms with Crippen LogP contribution in [0, 0.1) is 0 Å². The summed E-state index contributed by atoms with van der Waals surface area (Å²) >= 11 is 1.98. The number of hydrogen-bond acceptors (Lipinski definition) is 4. The Morgan fingerprint density at radius 3 is 2.55 bits per heavy atom. The van der Waals surface area contributed by atoms with Crippen molar-refractivity contribution in [2.24, 2.45) is 5.73 Å². The van der Waals surface area contributed by atoms with Crippen LogP contribution in [-0.4, -0.2) is 23.7 Å². The zero-order valence-corrected chi connectivity index (χ0v) is 13.5. The molecule has 20 heavy (non-hydrogen) atoms. The molecule has 4 heteroatoms. The number of nitrogens with two attached hydrogens (primary N) is 1. The maximum atomic E-state index is 6.51. The topological polar surface area (TPSA) is 44.5 Å². The number of ether oxygens (including phenoxy) is 2. The molecule has 0 spiro atoms. The Kier molecular flexibility index (Phi) is 5.22. The highest BCUT2D eigenvalue weighted by Gasteiger charge is 2.36. The molecule has 1 aromatic carbocycles. The van der Waals surface area contributed by atoms with Gasteiger partial charge < -0.3 is 15.2 Å². The normalized spacial score (nSPS) is 23.6. The van der Waals surface area contributed by atoms with Gasteiger partial charge in [0.2, 0.25) is 0 Å². The smallest absolute Gasteiger partial charge is 0.161 e. The van der Waals surface area contributed by atoms with Crippen LogP contribution < -0.4 is 15.2 Å². The number of benzene rings is 1. The van der Waals surface area contributed by atoms with Crippen LogP contribution in [0.4, 0.5) is 0 Å². The zero-order valence-electron chi connectivity index (χ0n) is 12.6. The predicted octanol–water partition coefficient (Wildman–Crippen LogP) is 3.77. The minimum Gasteiger partial charge on any atom is -0.490 e. The summed E-state index contributed by atoms with van der Waals surface area (Å²) in [5, 5.41) is 0. The Hall–Kier alpha value is -0.870. The number of thioether (sulfide) groups is 1. The minimum atomic E-state index is 0.0323. The van der Waals surface area contributed by atoms with Crippen LogP contribution >= 0.6 is 11.8 Å². The SMILES string of the molecule is CCOc1ccc(C(N)C2(C)CCCS2)cc1OCC. The fourth-order valence-electron chi connectivity index (χ4n) is 2.66. The molecule has 2 atom stereocenters. The predicted molar refractivity (Wildman–Crippen MR) is 85.8 cm³/mol. The molecular weight excluding hydrogens is 270 g/mol. The molecule has 1 fully saturated rings. The molecule has 1 aliphatic heterocycles. The highest BCUT2D eigenvalue weighted by atomic mass is 32.2.